The standard InChI is InChI=1S/C17H12O8/c18-14(19)10-7-9(6-8-4-2-1-3-5-8)11(15(20)21)13(17(24)25)12(10)16(22)23/h1-5,7H,6H2,(H,18,19)(H,20,21)(H,22,23)(H,24,25). The molecule has 2 rings (SSSR count). The molecule has 128 valence electrons. The summed E-state index contributed by atoms with van der Waals surface area (Å²) in [7, 11) is 0. The van der Waals surface area contributed by atoms with Crippen LogP contribution in [0, 0.1) is 0 Å². The minimum atomic E-state index is -1.83. The quantitative estimate of drug-likeness (QED) is 0.622. The van der Waals surface area contributed by atoms with Crippen molar-refractivity contribution in [3.63, 3.8) is 0 Å². The van der Waals surface area contributed by atoms with E-state index in [4.69, 9.17) is 0 Å². The van der Waals surface area contributed by atoms with E-state index in [-0.39, 0.29) is 12.0 Å². The molecule has 2 aromatic carbocycles. The highest BCUT2D eigenvalue weighted by molar-refractivity contribution is 6.14. The fourth-order valence-electron chi connectivity index (χ4n) is 2.54. The molecule has 0 aromatic heterocycles. The van der Waals surface area contributed by atoms with Crippen LogP contribution in [0.1, 0.15) is 52.6 Å². The molecule has 0 aliphatic carbocycles. The van der Waals surface area contributed by atoms with Gasteiger partial charge in [0.25, 0.3) is 0 Å². The first-order valence-corrected chi connectivity index (χ1v) is 6.91. The smallest absolute Gasteiger partial charge is 0.337 e. The number of carbonyl (C=O) groups is 4. The lowest BCUT2D eigenvalue weighted by Crippen LogP contribution is -2.21. The summed E-state index contributed by atoms with van der Waals surface area (Å²) in [5.74, 6) is -6.97. The van der Waals surface area contributed by atoms with Gasteiger partial charge in [0, 0.05) is 0 Å². The summed E-state index contributed by atoms with van der Waals surface area (Å²) >= 11 is 0. The molecule has 0 heterocycles. The lowest BCUT2D eigenvalue weighted by Gasteiger charge is -2.14. The molecule has 0 bridgehead atoms. The van der Waals surface area contributed by atoms with Crippen molar-refractivity contribution in [3.05, 3.63) is 69.8 Å². The average molecular weight is 344 g/mol. The van der Waals surface area contributed by atoms with Crippen molar-refractivity contribution in [3.8, 4) is 0 Å². The second-order valence-electron chi connectivity index (χ2n) is 5.09. The van der Waals surface area contributed by atoms with Crippen LogP contribution in [0.2, 0.25) is 0 Å². The molecule has 0 saturated heterocycles. The summed E-state index contributed by atoms with van der Waals surface area (Å²) in [5.41, 5.74) is -3.11. The van der Waals surface area contributed by atoms with Gasteiger partial charge in [0.15, 0.2) is 0 Å². The molecule has 25 heavy (non-hydrogen) atoms. The predicted octanol–water partition coefficient (Wildman–Crippen LogP) is 2.07. The third kappa shape index (κ3) is 3.47. The number of rotatable bonds is 6. The first kappa shape index (κ1) is 17.7. The van der Waals surface area contributed by atoms with Gasteiger partial charge in [0.05, 0.1) is 22.3 Å². The average Bonchev–Trinajstić information content (AvgIpc) is 2.53. The Morgan fingerprint density at radius 1 is 0.680 bits per heavy atom. The topological polar surface area (TPSA) is 149 Å². The molecule has 0 unspecified atom stereocenters. The molecule has 2 aromatic rings. The zero-order valence-electron chi connectivity index (χ0n) is 12.6. The maximum absolute atomic E-state index is 11.6. The van der Waals surface area contributed by atoms with E-state index in [2.05, 4.69) is 0 Å². The molecule has 0 fully saturated rings. The summed E-state index contributed by atoms with van der Waals surface area (Å²) in [4.78, 5) is 45.9. The maximum Gasteiger partial charge on any atom is 0.337 e. The van der Waals surface area contributed by atoms with Gasteiger partial charge in [-0.1, -0.05) is 30.3 Å². The van der Waals surface area contributed by atoms with Gasteiger partial charge in [0.1, 0.15) is 0 Å². The minimum Gasteiger partial charge on any atom is -0.478 e. The lowest BCUT2D eigenvalue weighted by atomic mass is 9.88. The molecule has 0 aliphatic heterocycles. The largest absolute Gasteiger partial charge is 0.478 e. The van der Waals surface area contributed by atoms with Crippen LogP contribution in [0.4, 0.5) is 0 Å². The molecule has 4 N–H and O–H groups in total. The van der Waals surface area contributed by atoms with E-state index >= 15 is 0 Å². The number of carboxylic acids is 4. The van der Waals surface area contributed by atoms with Crippen LogP contribution in [0.15, 0.2) is 36.4 Å². The van der Waals surface area contributed by atoms with Crippen molar-refractivity contribution < 1.29 is 39.6 Å². The highest BCUT2D eigenvalue weighted by Crippen LogP contribution is 2.27. The number of carboxylic acid groups (broad SMARTS) is 4. The second kappa shape index (κ2) is 6.83. The summed E-state index contributed by atoms with van der Waals surface area (Å²) < 4.78 is 0. The van der Waals surface area contributed by atoms with E-state index in [1.807, 2.05) is 0 Å². The van der Waals surface area contributed by atoms with E-state index in [9.17, 15) is 39.6 Å². The fourth-order valence-corrected chi connectivity index (χ4v) is 2.54. The Labute approximate surface area is 140 Å². The van der Waals surface area contributed by atoms with Gasteiger partial charge in [-0.2, -0.15) is 0 Å². The van der Waals surface area contributed by atoms with Crippen molar-refractivity contribution in [2.45, 2.75) is 6.42 Å². The summed E-state index contributed by atoms with van der Waals surface area (Å²) in [5, 5.41) is 37.2. The van der Waals surface area contributed by atoms with Crippen molar-refractivity contribution in [2.75, 3.05) is 0 Å². The monoisotopic (exact) mass is 344 g/mol. The van der Waals surface area contributed by atoms with Gasteiger partial charge in [0.2, 0.25) is 0 Å². The van der Waals surface area contributed by atoms with Crippen LogP contribution in [-0.2, 0) is 6.42 Å². The van der Waals surface area contributed by atoms with Gasteiger partial charge in [-0.15, -0.1) is 0 Å². The van der Waals surface area contributed by atoms with Crippen LogP contribution in [0.3, 0.4) is 0 Å². The number of hydrogen-bond acceptors (Lipinski definition) is 4. The Hall–Kier alpha value is -3.68. The maximum atomic E-state index is 11.6. The normalized spacial score (nSPS) is 10.2. The third-order valence-electron chi connectivity index (χ3n) is 3.52. The van der Waals surface area contributed by atoms with Crippen molar-refractivity contribution in [1.82, 2.24) is 0 Å². The first-order valence-electron chi connectivity index (χ1n) is 6.91. The minimum absolute atomic E-state index is 0.0665. The van der Waals surface area contributed by atoms with Crippen molar-refractivity contribution >= 4 is 23.9 Å². The van der Waals surface area contributed by atoms with Gasteiger partial charge in [-0.3, -0.25) is 0 Å². The molecule has 0 spiro atoms. The molecule has 0 radical (unpaired) electrons. The molecule has 8 heteroatoms. The van der Waals surface area contributed by atoms with Crippen LogP contribution in [0.5, 0.6) is 0 Å². The van der Waals surface area contributed by atoms with E-state index in [1.165, 1.54) is 0 Å². The van der Waals surface area contributed by atoms with Crippen LogP contribution < -0.4 is 0 Å². The van der Waals surface area contributed by atoms with E-state index < -0.39 is 46.1 Å². The van der Waals surface area contributed by atoms with Crippen molar-refractivity contribution in [1.29, 1.82) is 0 Å². The van der Waals surface area contributed by atoms with Crippen LogP contribution in [0.25, 0.3) is 0 Å². The number of hydrogen-bond donors (Lipinski definition) is 4. The lowest BCUT2D eigenvalue weighted by molar-refractivity contribution is 0.0619. The summed E-state index contributed by atoms with van der Waals surface area (Å²) in [6, 6.07) is 9.28. The highest BCUT2D eigenvalue weighted by atomic mass is 16.4. The summed E-state index contributed by atoms with van der Waals surface area (Å²) in [6.07, 6.45) is -0.0665. The van der Waals surface area contributed by atoms with E-state index in [0.29, 0.717) is 5.56 Å². The predicted molar refractivity (Wildman–Crippen MR) is 83.5 cm³/mol. The van der Waals surface area contributed by atoms with Gasteiger partial charge in [-0.05, 0) is 23.6 Å². The van der Waals surface area contributed by atoms with Crippen molar-refractivity contribution in [2.24, 2.45) is 0 Å². The number of aromatic carboxylic acids is 4. The van der Waals surface area contributed by atoms with Gasteiger partial charge in [-0.25, -0.2) is 19.2 Å². The van der Waals surface area contributed by atoms with Gasteiger partial charge >= 0.3 is 23.9 Å². The van der Waals surface area contributed by atoms with Gasteiger partial charge < -0.3 is 20.4 Å². The zero-order chi connectivity index (χ0) is 18.7. The zero-order valence-corrected chi connectivity index (χ0v) is 12.6. The Kier molecular flexibility index (Phi) is 4.83. The molecule has 0 aliphatic rings. The molecular weight excluding hydrogens is 332 g/mol. The second-order valence-corrected chi connectivity index (χ2v) is 5.09. The Bertz CT molecular complexity index is 883. The van der Waals surface area contributed by atoms with E-state index in [0.717, 1.165) is 6.07 Å². The number of benzene rings is 2. The van der Waals surface area contributed by atoms with Crippen LogP contribution in [-0.4, -0.2) is 44.3 Å². The molecule has 8 nitrogen and oxygen atoms in total. The molecular formula is C17H12O8. The van der Waals surface area contributed by atoms with E-state index in [1.54, 1.807) is 30.3 Å². The molecule has 0 atom stereocenters. The Morgan fingerprint density at radius 3 is 1.64 bits per heavy atom. The first-order chi connectivity index (χ1) is 11.7. The molecule has 0 saturated carbocycles. The third-order valence-corrected chi connectivity index (χ3v) is 3.52. The molecule has 0 amide bonds. The SMILES string of the molecule is O=C(O)c1cc(Cc2ccccc2)c(C(=O)O)c(C(=O)O)c1C(=O)O. The Morgan fingerprint density at radius 2 is 1.20 bits per heavy atom. The summed E-state index contributed by atoms with van der Waals surface area (Å²) in [6.45, 7) is 0. The fraction of sp³-hybridized carbons (Fsp3) is 0.0588. The van der Waals surface area contributed by atoms with Crippen LogP contribution >= 0.6 is 0 Å². The Balaban J connectivity index is 2.87. The highest BCUT2D eigenvalue weighted by Gasteiger charge is 2.32.